The highest BCUT2D eigenvalue weighted by Crippen LogP contribution is 2.24. The normalized spacial score (nSPS) is 14.6. The molecule has 154 valence electrons. The van der Waals surface area contributed by atoms with Gasteiger partial charge in [0.05, 0.1) is 5.92 Å². The zero-order valence-electron chi connectivity index (χ0n) is 17.0. The monoisotopic (exact) mass is 401 g/mol. The molecule has 6 heteroatoms. The first-order valence-corrected chi connectivity index (χ1v) is 10.4. The molecule has 0 spiro atoms. The van der Waals surface area contributed by atoms with Gasteiger partial charge in [0.15, 0.2) is 0 Å². The second-order valence-electron chi connectivity index (χ2n) is 7.42. The van der Waals surface area contributed by atoms with Crippen LogP contribution in [-0.2, 0) is 4.79 Å². The molecule has 0 radical (unpaired) electrons. The van der Waals surface area contributed by atoms with Crippen molar-refractivity contribution in [3.05, 3.63) is 90.3 Å². The quantitative estimate of drug-likeness (QED) is 0.659. The van der Waals surface area contributed by atoms with E-state index in [4.69, 9.17) is 0 Å². The van der Waals surface area contributed by atoms with Crippen LogP contribution in [0.2, 0.25) is 0 Å². The van der Waals surface area contributed by atoms with E-state index in [1.165, 1.54) is 0 Å². The molecule has 1 aliphatic rings. The van der Waals surface area contributed by atoms with Crippen LogP contribution >= 0.6 is 0 Å². The summed E-state index contributed by atoms with van der Waals surface area (Å²) in [6.45, 7) is 5.15. The molecule has 1 saturated heterocycles. The first kappa shape index (κ1) is 20.0. The molecule has 0 unspecified atom stereocenters. The number of rotatable bonds is 7. The summed E-state index contributed by atoms with van der Waals surface area (Å²) in [4.78, 5) is 26.3. The number of anilines is 1. The summed E-state index contributed by atoms with van der Waals surface area (Å²) in [6, 6.07) is 21.8. The molecular weight excluding hydrogens is 374 g/mol. The molecule has 1 aliphatic heterocycles. The van der Waals surface area contributed by atoms with Crippen LogP contribution in [0.5, 0.6) is 0 Å². The Kier molecular flexibility index (Phi) is 6.67. The standard InChI is InChI=1S/C24H27N5O/c30-23(22(20-8-3-1-4-9-20)21-10-5-2-6-11-21)25-14-15-28-16-18-29(19-17-28)24-26-12-7-13-27-24/h1-13,22H,14-19H2,(H,25,30). The summed E-state index contributed by atoms with van der Waals surface area (Å²) in [5.41, 5.74) is 2.02. The van der Waals surface area contributed by atoms with Crippen molar-refractivity contribution in [2.75, 3.05) is 44.2 Å². The Morgan fingerprint density at radius 2 is 1.40 bits per heavy atom. The first-order chi connectivity index (χ1) is 14.8. The van der Waals surface area contributed by atoms with Gasteiger partial charge in [-0.15, -0.1) is 0 Å². The maximum atomic E-state index is 13.1. The molecule has 0 aliphatic carbocycles. The molecule has 0 saturated carbocycles. The molecule has 0 bridgehead atoms. The number of carbonyl (C=O) groups is 1. The minimum atomic E-state index is -0.292. The second-order valence-corrected chi connectivity index (χ2v) is 7.42. The summed E-state index contributed by atoms with van der Waals surface area (Å²) in [6.07, 6.45) is 3.56. The zero-order chi connectivity index (χ0) is 20.6. The molecule has 0 atom stereocenters. The largest absolute Gasteiger partial charge is 0.354 e. The highest BCUT2D eigenvalue weighted by molar-refractivity contribution is 5.87. The predicted octanol–water partition coefficient (Wildman–Crippen LogP) is 2.55. The lowest BCUT2D eigenvalue weighted by Gasteiger charge is -2.34. The van der Waals surface area contributed by atoms with Crippen molar-refractivity contribution in [1.82, 2.24) is 20.2 Å². The van der Waals surface area contributed by atoms with Crippen molar-refractivity contribution in [3.8, 4) is 0 Å². The van der Waals surface area contributed by atoms with Gasteiger partial charge in [-0.2, -0.15) is 0 Å². The molecule has 1 N–H and O–H groups in total. The van der Waals surface area contributed by atoms with Crippen molar-refractivity contribution >= 4 is 11.9 Å². The Balaban J connectivity index is 1.30. The third-order valence-electron chi connectivity index (χ3n) is 5.46. The maximum absolute atomic E-state index is 13.1. The van der Waals surface area contributed by atoms with E-state index in [0.717, 1.165) is 49.8 Å². The van der Waals surface area contributed by atoms with E-state index in [0.29, 0.717) is 6.54 Å². The van der Waals surface area contributed by atoms with Crippen molar-refractivity contribution in [3.63, 3.8) is 0 Å². The van der Waals surface area contributed by atoms with E-state index in [-0.39, 0.29) is 11.8 Å². The summed E-state index contributed by atoms with van der Waals surface area (Å²) >= 11 is 0. The number of nitrogens with zero attached hydrogens (tertiary/aromatic N) is 4. The zero-order valence-corrected chi connectivity index (χ0v) is 17.0. The molecular formula is C24H27N5O. The van der Waals surface area contributed by atoms with Crippen LogP contribution in [0.3, 0.4) is 0 Å². The van der Waals surface area contributed by atoms with Gasteiger partial charge >= 0.3 is 0 Å². The van der Waals surface area contributed by atoms with Crippen molar-refractivity contribution in [2.45, 2.75) is 5.92 Å². The van der Waals surface area contributed by atoms with E-state index in [1.807, 2.05) is 66.7 Å². The molecule has 6 nitrogen and oxygen atoms in total. The molecule has 4 rings (SSSR count). The third kappa shape index (κ3) is 5.02. The Morgan fingerprint density at radius 1 is 0.833 bits per heavy atom. The molecule has 2 aromatic carbocycles. The molecule has 2 heterocycles. The lowest BCUT2D eigenvalue weighted by molar-refractivity contribution is -0.121. The van der Waals surface area contributed by atoms with Crippen LogP contribution in [0.15, 0.2) is 79.1 Å². The Morgan fingerprint density at radius 3 is 1.97 bits per heavy atom. The molecule has 1 aromatic heterocycles. The van der Waals surface area contributed by atoms with Gasteiger partial charge in [-0.3, -0.25) is 9.69 Å². The van der Waals surface area contributed by atoms with Gasteiger partial charge in [-0.05, 0) is 17.2 Å². The van der Waals surface area contributed by atoms with Gasteiger partial charge in [0.1, 0.15) is 0 Å². The van der Waals surface area contributed by atoms with Crippen LogP contribution in [0.25, 0.3) is 0 Å². The number of nitrogens with one attached hydrogen (secondary N) is 1. The van der Waals surface area contributed by atoms with Gasteiger partial charge in [0.25, 0.3) is 0 Å². The number of benzene rings is 2. The molecule has 1 amide bonds. The highest BCUT2D eigenvalue weighted by Gasteiger charge is 2.23. The Labute approximate surface area is 177 Å². The van der Waals surface area contributed by atoms with Crippen molar-refractivity contribution in [2.24, 2.45) is 0 Å². The van der Waals surface area contributed by atoms with Crippen molar-refractivity contribution in [1.29, 1.82) is 0 Å². The Hall–Kier alpha value is -3.25. The fraction of sp³-hybridized carbons (Fsp3) is 0.292. The fourth-order valence-corrected chi connectivity index (χ4v) is 3.85. The van der Waals surface area contributed by atoms with Gasteiger partial charge in [-0.25, -0.2) is 9.97 Å². The summed E-state index contributed by atoms with van der Waals surface area (Å²) in [5.74, 6) is 0.544. The lowest BCUT2D eigenvalue weighted by atomic mass is 9.90. The van der Waals surface area contributed by atoms with E-state index in [2.05, 4.69) is 25.1 Å². The minimum absolute atomic E-state index is 0.0451. The summed E-state index contributed by atoms with van der Waals surface area (Å²) in [5, 5.41) is 3.15. The highest BCUT2D eigenvalue weighted by atomic mass is 16.1. The van der Waals surface area contributed by atoms with Gasteiger partial charge in [0.2, 0.25) is 11.9 Å². The van der Waals surface area contributed by atoms with Crippen LogP contribution in [0, 0.1) is 0 Å². The van der Waals surface area contributed by atoms with Crippen LogP contribution in [0.4, 0.5) is 5.95 Å². The smallest absolute Gasteiger partial charge is 0.232 e. The SMILES string of the molecule is O=C(NCCN1CCN(c2ncccn2)CC1)C(c1ccccc1)c1ccccc1. The third-order valence-corrected chi connectivity index (χ3v) is 5.46. The van der Waals surface area contributed by atoms with Crippen LogP contribution in [0.1, 0.15) is 17.0 Å². The fourth-order valence-electron chi connectivity index (χ4n) is 3.85. The number of carbonyl (C=O) groups excluding carboxylic acids is 1. The number of piperazine rings is 1. The van der Waals surface area contributed by atoms with E-state index in [1.54, 1.807) is 12.4 Å². The number of hydrogen-bond acceptors (Lipinski definition) is 5. The number of aromatic nitrogens is 2. The maximum Gasteiger partial charge on any atom is 0.232 e. The Bertz CT molecular complexity index is 873. The lowest BCUT2D eigenvalue weighted by Crippen LogP contribution is -2.49. The second kappa shape index (κ2) is 9.98. The number of amides is 1. The minimum Gasteiger partial charge on any atom is -0.354 e. The predicted molar refractivity (Wildman–Crippen MR) is 118 cm³/mol. The summed E-state index contributed by atoms with van der Waals surface area (Å²) < 4.78 is 0. The van der Waals surface area contributed by atoms with E-state index in [9.17, 15) is 4.79 Å². The average Bonchev–Trinajstić information content (AvgIpc) is 2.82. The molecule has 30 heavy (non-hydrogen) atoms. The molecule has 1 fully saturated rings. The summed E-state index contributed by atoms with van der Waals surface area (Å²) in [7, 11) is 0. The van der Waals surface area contributed by atoms with Gasteiger partial charge in [-0.1, -0.05) is 60.7 Å². The van der Waals surface area contributed by atoms with Crippen LogP contribution < -0.4 is 10.2 Å². The van der Waals surface area contributed by atoms with Gasteiger partial charge in [0, 0.05) is 51.7 Å². The average molecular weight is 402 g/mol. The van der Waals surface area contributed by atoms with E-state index >= 15 is 0 Å². The van der Waals surface area contributed by atoms with Gasteiger partial charge < -0.3 is 10.2 Å². The van der Waals surface area contributed by atoms with E-state index < -0.39 is 0 Å². The first-order valence-electron chi connectivity index (χ1n) is 10.4. The van der Waals surface area contributed by atoms with Crippen molar-refractivity contribution < 1.29 is 4.79 Å². The topological polar surface area (TPSA) is 61.4 Å². The van der Waals surface area contributed by atoms with Crippen LogP contribution in [-0.4, -0.2) is 60.0 Å². The molecule has 3 aromatic rings. The number of hydrogen-bond donors (Lipinski definition) is 1.